The highest BCUT2D eigenvalue weighted by Gasteiger charge is 2.21. The van der Waals surface area contributed by atoms with Crippen LogP contribution in [0, 0.1) is 0 Å². The molecule has 0 fully saturated rings. The Labute approximate surface area is 93.8 Å². The fourth-order valence-corrected chi connectivity index (χ4v) is 2.91. The molecule has 0 saturated carbocycles. The van der Waals surface area contributed by atoms with E-state index in [-0.39, 0.29) is 0 Å². The lowest BCUT2D eigenvalue weighted by atomic mass is 10.1. The van der Waals surface area contributed by atoms with E-state index in [2.05, 4.69) is 18.3 Å². The minimum Gasteiger partial charge on any atom is -0.383 e. The molecule has 1 heterocycles. The number of nitrogens with zero attached hydrogens (tertiary/aromatic N) is 1. The van der Waals surface area contributed by atoms with Crippen LogP contribution in [0.1, 0.15) is 5.56 Å². The molecule has 2 rings (SSSR count). The molecule has 0 saturated heterocycles. The Morgan fingerprint density at radius 2 is 2.00 bits per heavy atom. The van der Waals surface area contributed by atoms with Crippen LogP contribution in [0.25, 0.3) is 0 Å². The summed E-state index contributed by atoms with van der Waals surface area (Å²) in [6, 6.07) is 8.28. The molecule has 0 aromatic heterocycles. The Bertz CT molecular complexity index is 408. The Kier molecular flexibility index (Phi) is 2.61. The molecule has 0 N–H and O–H groups in total. The van der Waals surface area contributed by atoms with Crippen LogP contribution in [-0.2, 0) is 0 Å². The van der Waals surface area contributed by atoms with Crippen molar-refractivity contribution < 1.29 is 0 Å². The van der Waals surface area contributed by atoms with E-state index in [0.29, 0.717) is 0 Å². The number of hydrogen-bond donors (Lipinski definition) is 0. The lowest BCUT2D eigenvalue weighted by molar-refractivity contribution is 0.564. The van der Waals surface area contributed by atoms with Crippen LogP contribution in [0.4, 0.5) is 0 Å². The Morgan fingerprint density at radius 1 is 1.29 bits per heavy atom. The first-order chi connectivity index (χ1) is 6.68. The van der Waals surface area contributed by atoms with Crippen molar-refractivity contribution in [1.29, 1.82) is 0 Å². The summed E-state index contributed by atoms with van der Waals surface area (Å²) < 4.78 is 0. The maximum absolute atomic E-state index is 5.40. The number of hydrogen-bond acceptors (Lipinski definition) is 3. The van der Waals surface area contributed by atoms with Gasteiger partial charge in [0.15, 0.2) is 0 Å². The third kappa shape index (κ3) is 1.70. The second-order valence-corrected chi connectivity index (χ2v) is 4.88. The van der Waals surface area contributed by atoms with E-state index in [1.54, 1.807) is 11.8 Å². The zero-order valence-electron chi connectivity index (χ0n) is 8.15. The number of allylic oxidation sites excluding steroid dienone is 1. The summed E-state index contributed by atoms with van der Waals surface area (Å²) >= 11 is 7.15. The molecule has 1 nitrogen and oxygen atoms in total. The van der Waals surface area contributed by atoms with Crippen LogP contribution in [0.15, 0.2) is 40.3 Å². The molecule has 1 aliphatic heterocycles. The lowest BCUT2D eigenvalue weighted by Gasteiger charge is -2.05. The summed E-state index contributed by atoms with van der Waals surface area (Å²) in [5.74, 6) is 0. The molecule has 0 spiro atoms. The number of fused-ring (bicyclic) bond motifs is 1. The molecule has 0 unspecified atom stereocenters. The van der Waals surface area contributed by atoms with Crippen molar-refractivity contribution in [1.82, 2.24) is 4.90 Å². The van der Waals surface area contributed by atoms with E-state index in [4.69, 9.17) is 12.2 Å². The van der Waals surface area contributed by atoms with Gasteiger partial charge in [-0.25, -0.2) is 0 Å². The number of rotatable bonds is 1. The van der Waals surface area contributed by atoms with Gasteiger partial charge in [-0.3, -0.25) is 0 Å². The van der Waals surface area contributed by atoms with Gasteiger partial charge in [0.2, 0.25) is 0 Å². The van der Waals surface area contributed by atoms with Gasteiger partial charge in [0.05, 0.1) is 4.86 Å². The standard InChI is InChI=1S/C11H11NS2/c1-12(2)7-10-11(13)8-5-3-4-6-9(8)14-10/h3-7H,1-2H3. The molecule has 0 atom stereocenters. The molecule has 14 heavy (non-hydrogen) atoms. The molecule has 1 aromatic rings. The fraction of sp³-hybridized carbons (Fsp3) is 0.182. The Hall–Kier alpha value is -0.800. The summed E-state index contributed by atoms with van der Waals surface area (Å²) in [5, 5.41) is 0. The van der Waals surface area contributed by atoms with Gasteiger partial charge in [0.1, 0.15) is 0 Å². The molecule has 1 aliphatic rings. The molecule has 0 bridgehead atoms. The van der Waals surface area contributed by atoms with Crippen LogP contribution in [0.5, 0.6) is 0 Å². The van der Waals surface area contributed by atoms with Gasteiger partial charge < -0.3 is 4.90 Å². The van der Waals surface area contributed by atoms with E-state index in [0.717, 1.165) is 4.86 Å². The van der Waals surface area contributed by atoms with Gasteiger partial charge in [0.25, 0.3) is 0 Å². The van der Waals surface area contributed by atoms with Crippen LogP contribution in [-0.4, -0.2) is 23.9 Å². The summed E-state index contributed by atoms with van der Waals surface area (Å²) in [6.07, 6.45) is 2.08. The van der Waals surface area contributed by atoms with Crippen molar-refractivity contribution in [2.24, 2.45) is 0 Å². The molecule has 0 aliphatic carbocycles. The van der Waals surface area contributed by atoms with Gasteiger partial charge in [-0.15, -0.1) is 0 Å². The largest absolute Gasteiger partial charge is 0.383 e. The van der Waals surface area contributed by atoms with Gasteiger partial charge in [-0.05, 0) is 6.07 Å². The molecular formula is C11H11NS2. The van der Waals surface area contributed by atoms with E-state index < -0.39 is 0 Å². The SMILES string of the molecule is CN(C)C=C1Sc2ccccc2C1=S. The molecule has 3 heteroatoms. The van der Waals surface area contributed by atoms with Gasteiger partial charge in [-0.1, -0.05) is 42.2 Å². The van der Waals surface area contributed by atoms with Gasteiger partial charge in [-0.2, -0.15) is 0 Å². The molecular weight excluding hydrogens is 210 g/mol. The van der Waals surface area contributed by atoms with Crippen molar-refractivity contribution in [2.45, 2.75) is 4.90 Å². The van der Waals surface area contributed by atoms with Crippen molar-refractivity contribution in [3.8, 4) is 0 Å². The predicted octanol–water partition coefficient (Wildman–Crippen LogP) is 2.91. The predicted molar refractivity (Wildman–Crippen MR) is 65.8 cm³/mol. The quantitative estimate of drug-likeness (QED) is 0.530. The average molecular weight is 221 g/mol. The number of thiocarbonyl (C=S) groups is 1. The average Bonchev–Trinajstić information content (AvgIpc) is 2.44. The fourth-order valence-electron chi connectivity index (χ4n) is 1.36. The maximum atomic E-state index is 5.40. The topological polar surface area (TPSA) is 3.24 Å². The Morgan fingerprint density at radius 3 is 2.64 bits per heavy atom. The normalized spacial score (nSPS) is 17.3. The molecule has 1 aromatic carbocycles. The molecule has 0 amide bonds. The first-order valence-corrected chi connectivity index (χ1v) is 5.61. The summed E-state index contributed by atoms with van der Waals surface area (Å²) in [6.45, 7) is 0. The molecule has 72 valence electrons. The summed E-state index contributed by atoms with van der Waals surface area (Å²) in [4.78, 5) is 5.44. The third-order valence-electron chi connectivity index (χ3n) is 1.95. The zero-order chi connectivity index (χ0) is 10.1. The second kappa shape index (κ2) is 3.75. The highest BCUT2D eigenvalue weighted by molar-refractivity contribution is 8.06. The van der Waals surface area contributed by atoms with E-state index >= 15 is 0 Å². The van der Waals surface area contributed by atoms with Crippen molar-refractivity contribution in [3.05, 3.63) is 40.9 Å². The first-order valence-electron chi connectivity index (χ1n) is 4.38. The van der Waals surface area contributed by atoms with Crippen LogP contribution < -0.4 is 0 Å². The number of thioether (sulfide) groups is 1. The van der Waals surface area contributed by atoms with Crippen LogP contribution >= 0.6 is 24.0 Å². The molecule has 0 radical (unpaired) electrons. The minimum absolute atomic E-state index is 0.972. The van der Waals surface area contributed by atoms with E-state index in [1.165, 1.54) is 15.4 Å². The lowest BCUT2D eigenvalue weighted by Crippen LogP contribution is -2.04. The summed E-state index contributed by atoms with van der Waals surface area (Å²) in [7, 11) is 4.03. The number of benzene rings is 1. The van der Waals surface area contributed by atoms with Crippen LogP contribution in [0.2, 0.25) is 0 Å². The van der Waals surface area contributed by atoms with E-state index in [9.17, 15) is 0 Å². The highest BCUT2D eigenvalue weighted by Crippen LogP contribution is 2.40. The second-order valence-electron chi connectivity index (χ2n) is 3.38. The van der Waals surface area contributed by atoms with Gasteiger partial charge in [0, 0.05) is 35.7 Å². The minimum atomic E-state index is 0.972. The van der Waals surface area contributed by atoms with E-state index in [1.807, 2.05) is 31.1 Å². The monoisotopic (exact) mass is 221 g/mol. The van der Waals surface area contributed by atoms with Crippen molar-refractivity contribution >= 4 is 28.8 Å². The Balaban J connectivity index is 2.39. The summed E-state index contributed by atoms with van der Waals surface area (Å²) in [5.41, 5.74) is 1.20. The van der Waals surface area contributed by atoms with Crippen LogP contribution in [0.3, 0.4) is 0 Å². The van der Waals surface area contributed by atoms with Gasteiger partial charge >= 0.3 is 0 Å². The highest BCUT2D eigenvalue weighted by atomic mass is 32.2. The first kappa shape index (κ1) is 9.74. The maximum Gasteiger partial charge on any atom is 0.0615 e. The van der Waals surface area contributed by atoms with Crippen molar-refractivity contribution in [2.75, 3.05) is 14.1 Å². The smallest absolute Gasteiger partial charge is 0.0615 e. The third-order valence-corrected chi connectivity index (χ3v) is 3.63. The zero-order valence-corrected chi connectivity index (χ0v) is 9.78. The van der Waals surface area contributed by atoms with Crippen molar-refractivity contribution in [3.63, 3.8) is 0 Å².